The monoisotopic (exact) mass is 601 g/mol. The summed E-state index contributed by atoms with van der Waals surface area (Å²) in [6, 6.07) is 6.89. The molecule has 0 saturated heterocycles. The van der Waals surface area contributed by atoms with E-state index in [4.69, 9.17) is 34.9 Å². The summed E-state index contributed by atoms with van der Waals surface area (Å²) in [6.07, 6.45) is 2.74. The number of likely N-dealkylation sites (N-methyl/N-ethyl adjacent to an activating group) is 1. The van der Waals surface area contributed by atoms with Crippen LogP contribution in [0.15, 0.2) is 24.3 Å². The van der Waals surface area contributed by atoms with Gasteiger partial charge in [0.25, 0.3) is 0 Å². The molecule has 12 heteroatoms. The molecule has 0 spiro atoms. The largest absolute Gasteiger partial charge is 0.493 e. The highest BCUT2D eigenvalue weighted by Gasteiger charge is 2.29. The van der Waals surface area contributed by atoms with Crippen LogP contribution >= 0.6 is 0 Å². The number of fused-ring (bicyclic) bond motifs is 2. The number of nitrogens with zero attached hydrogens (tertiary/aromatic N) is 2. The Morgan fingerprint density at radius 1 is 0.953 bits per heavy atom. The molecule has 4 rings (SSSR count). The van der Waals surface area contributed by atoms with E-state index >= 15 is 0 Å². The Morgan fingerprint density at radius 2 is 1.51 bits per heavy atom. The maximum Gasteiger partial charge on any atom is 0.321 e. The first-order valence-electron chi connectivity index (χ1n) is 14.2. The number of nitrogens with two attached hydrogens (primary N) is 1. The lowest BCUT2D eigenvalue weighted by atomic mass is 9.77. The third kappa shape index (κ3) is 8.74. The highest BCUT2D eigenvalue weighted by Crippen LogP contribution is 2.42. The second-order valence-electron chi connectivity index (χ2n) is 10.7. The molecule has 1 amide bonds. The van der Waals surface area contributed by atoms with Crippen LogP contribution in [0.25, 0.3) is 0 Å². The Morgan fingerprint density at radius 3 is 2.05 bits per heavy atom. The Labute approximate surface area is 252 Å². The maximum absolute atomic E-state index is 12.9. The molecule has 0 unspecified atom stereocenters. The van der Waals surface area contributed by atoms with E-state index in [-0.39, 0.29) is 5.91 Å². The van der Waals surface area contributed by atoms with Gasteiger partial charge < -0.3 is 44.7 Å². The summed E-state index contributed by atoms with van der Waals surface area (Å²) >= 11 is 0. The fourth-order valence-corrected chi connectivity index (χ4v) is 5.43. The van der Waals surface area contributed by atoms with Crippen molar-refractivity contribution in [2.45, 2.75) is 44.1 Å². The number of amides is 1. The molecule has 236 valence electrons. The van der Waals surface area contributed by atoms with Crippen molar-refractivity contribution in [3.05, 3.63) is 46.5 Å². The molecule has 0 fully saturated rings. The minimum atomic E-state index is -1.29. The van der Waals surface area contributed by atoms with Crippen LogP contribution in [-0.2, 0) is 33.6 Å². The first-order chi connectivity index (χ1) is 20.5. The lowest BCUT2D eigenvalue weighted by Crippen LogP contribution is -2.36. The number of carbonyl (C=O) groups excluding carboxylic acids is 1. The van der Waals surface area contributed by atoms with Gasteiger partial charge >= 0.3 is 11.9 Å². The smallest absolute Gasteiger partial charge is 0.321 e. The SMILES string of the molecule is COc1cc2c(cc1OC)CC(=O)N(CCCN(C)C[C@H]1Cc3cc(OC)c(OC)cc31)CC2.N[C@@H](CC(=O)O)C(=O)O. The van der Waals surface area contributed by atoms with E-state index in [9.17, 15) is 14.4 Å². The predicted molar refractivity (Wildman–Crippen MR) is 160 cm³/mol. The van der Waals surface area contributed by atoms with E-state index in [0.717, 1.165) is 68.3 Å². The standard InChI is InChI=1S/C27H36N2O5.C4H7NO4/c1-28(17-21-11-20-14-25(33-4)26(34-5)16-22(20)21)8-6-9-29-10-7-18-12-23(31-2)24(32-3)13-19(18)15-27(29)30;5-2(4(8)9)1-3(6)7/h12-14,16,21H,6-11,15,17H2,1-5H3;2H,1,5H2,(H,6,7)(H,8,9)/t21-;2-/m10/s1. The van der Waals surface area contributed by atoms with Crippen molar-refractivity contribution in [1.29, 1.82) is 0 Å². The molecule has 0 aromatic heterocycles. The third-order valence-electron chi connectivity index (χ3n) is 7.81. The van der Waals surface area contributed by atoms with E-state index in [2.05, 4.69) is 24.1 Å². The van der Waals surface area contributed by atoms with Crippen molar-refractivity contribution in [3.8, 4) is 23.0 Å². The molecule has 0 saturated carbocycles. The number of hydrogen-bond donors (Lipinski definition) is 3. The molecule has 2 aliphatic rings. The lowest BCUT2D eigenvalue weighted by molar-refractivity contribution is -0.144. The second kappa shape index (κ2) is 15.4. The van der Waals surface area contributed by atoms with Gasteiger partial charge in [0.15, 0.2) is 23.0 Å². The molecule has 0 radical (unpaired) electrons. The Hall–Kier alpha value is -4.03. The number of carboxylic acid groups (broad SMARTS) is 2. The van der Waals surface area contributed by atoms with Gasteiger partial charge in [-0.05, 0) is 79.4 Å². The number of carbonyl (C=O) groups is 3. The average molecular weight is 602 g/mol. The highest BCUT2D eigenvalue weighted by molar-refractivity contribution is 5.80. The maximum atomic E-state index is 12.9. The molecular weight excluding hydrogens is 558 g/mol. The Bertz CT molecular complexity index is 1300. The summed E-state index contributed by atoms with van der Waals surface area (Å²) in [5, 5.41) is 16.0. The Kier molecular flexibility index (Phi) is 12.0. The zero-order chi connectivity index (χ0) is 31.7. The molecule has 2 atom stereocenters. The van der Waals surface area contributed by atoms with Crippen LogP contribution in [-0.4, -0.2) is 106 Å². The topological polar surface area (TPSA) is 161 Å². The second-order valence-corrected chi connectivity index (χ2v) is 10.7. The van der Waals surface area contributed by atoms with Gasteiger partial charge in [-0.15, -0.1) is 0 Å². The van der Waals surface area contributed by atoms with Gasteiger partial charge in [0, 0.05) is 25.6 Å². The molecule has 2 aromatic rings. The van der Waals surface area contributed by atoms with Crippen molar-refractivity contribution in [1.82, 2.24) is 9.80 Å². The van der Waals surface area contributed by atoms with Crippen LogP contribution in [0, 0.1) is 0 Å². The van der Waals surface area contributed by atoms with Gasteiger partial charge in [0.1, 0.15) is 6.04 Å². The number of hydrogen-bond acceptors (Lipinski definition) is 9. The lowest BCUT2D eigenvalue weighted by Gasteiger charge is -2.34. The van der Waals surface area contributed by atoms with E-state index in [1.807, 2.05) is 17.0 Å². The average Bonchev–Trinajstić information content (AvgIpc) is 3.12. The number of rotatable bonds is 13. The predicted octanol–water partition coefficient (Wildman–Crippen LogP) is 2.18. The number of carboxylic acids is 2. The molecule has 1 aliphatic carbocycles. The highest BCUT2D eigenvalue weighted by atomic mass is 16.5. The molecule has 43 heavy (non-hydrogen) atoms. The van der Waals surface area contributed by atoms with Crippen molar-refractivity contribution in [2.24, 2.45) is 5.73 Å². The molecule has 1 heterocycles. The summed E-state index contributed by atoms with van der Waals surface area (Å²) in [5.74, 6) is 1.19. The van der Waals surface area contributed by atoms with Gasteiger partial charge in [-0.2, -0.15) is 0 Å². The fraction of sp³-hybridized carbons (Fsp3) is 0.516. The van der Waals surface area contributed by atoms with Crippen LogP contribution in [0.1, 0.15) is 41.0 Å². The van der Waals surface area contributed by atoms with E-state index in [0.29, 0.717) is 18.1 Å². The van der Waals surface area contributed by atoms with Crippen molar-refractivity contribution < 1.29 is 43.5 Å². The number of methoxy groups -OCH3 is 4. The van der Waals surface area contributed by atoms with Crippen LogP contribution in [0.5, 0.6) is 23.0 Å². The van der Waals surface area contributed by atoms with Crippen LogP contribution in [0.4, 0.5) is 0 Å². The van der Waals surface area contributed by atoms with Gasteiger partial charge in [0.05, 0.1) is 41.3 Å². The normalized spacial score (nSPS) is 16.0. The summed E-state index contributed by atoms with van der Waals surface area (Å²) in [6.45, 7) is 3.47. The van der Waals surface area contributed by atoms with E-state index in [1.54, 1.807) is 28.4 Å². The molecule has 2 aromatic carbocycles. The number of benzene rings is 2. The first-order valence-corrected chi connectivity index (χ1v) is 14.2. The van der Waals surface area contributed by atoms with Crippen molar-refractivity contribution in [2.75, 3.05) is 61.7 Å². The van der Waals surface area contributed by atoms with Gasteiger partial charge in [-0.3, -0.25) is 14.4 Å². The first kappa shape index (κ1) is 33.5. The zero-order valence-electron chi connectivity index (χ0n) is 25.6. The molecular formula is C31H43N3O9. The van der Waals surface area contributed by atoms with Gasteiger partial charge in [0.2, 0.25) is 5.91 Å². The van der Waals surface area contributed by atoms with Crippen molar-refractivity contribution >= 4 is 17.8 Å². The zero-order valence-corrected chi connectivity index (χ0v) is 25.6. The van der Waals surface area contributed by atoms with E-state index < -0.39 is 24.4 Å². The molecule has 12 nitrogen and oxygen atoms in total. The molecule has 0 bridgehead atoms. The number of aliphatic carboxylic acids is 2. The Balaban J connectivity index is 0.000000489. The quantitative estimate of drug-likeness (QED) is 0.309. The molecule has 4 N–H and O–H groups in total. The van der Waals surface area contributed by atoms with Crippen LogP contribution in [0.2, 0.25) is 0 Å². The molecule has 1 aliphatic heterocycles. The third-order valence-corrected chi connectivity index (χ3v) is 7.81. The van der Waals surface area contributed by atoms with Gasteiger partial charge in [-0.25, -0.2) is 0 Å². The minimum Gasteiger partial charge on any atom is -0.493 e. The summed E-state index contributed by atoms with van der Waals surface area (Å²) in [5.41, 5.74) is 9.75. The fourth-order valence-electron chi connectivity index (χ4n) is 5.43. The van der Waals surface area contributed by atoms with Crippen LogP contribution in [0.3, 0.4) is 0 Å². The van der Waals surface area contributed by atoms with Gasteiger partial charge in [-0.1, -0.05) is 0 Å². The minimum absolute atomic E-state index is 0.183. The summed E-state index contributed by atoms with van der Waals surface area (Å²) in [4.78, 5) is 36.9. The number of ether oxygens (including phenoxy) is 4. The van der Waals surface area contributed by atoms with Crippen LogP contribution < -0.4 is 24.7 Å². The summed E-state index contributed by atoms with van der Waals surface area (Å²) < 4.78 is 21.7. The van der Waals surface area contributed by atoms with Crippen molar-refractivity contribution in [3.63, 3.8) is 0 Å². The van der Waals surface area contributed by atoms with E-state index in [1.165, 1.54) is 16.7 Å². The summed E-state index contributed by atoms with van der Waals surface area (Å²) in [7, 11) is 8.79.